The Kier molecular flexibility index (Phi) is 6.94. The van der Waals surface area contributed by atoms with Crippen molar-refractivity contribution >= 4 is 17.3 Å². The van der Waals surface area contributed by atoms with Gasteiger partial charge in [-0.05, 0) is 37.1 Å². The first-order chi connectivity index (χ1) is 12.3. The minimum absolute atomic E-state index is 0.106. The SMILES string of the molecule is O=C(CCNc1ccc(N2CCCC2)cc1)NCCN1CCOCC1. The number of carbonyl (C=O) groups is 1. The molecule has 1 aromatic carbocycles. The number of hydrogen-bond donors (Lipinski definition) is 2. The molecule has 2 saturated heterocycles. The normalized spacial score (nSPS) is 18.3. The second kappa shape index (κ2) is 9.63. The molecule has 0 bridgehead atoms. The van der Waals surface area contributed by atoms with E-state index in [1.807, 2.05) is 0 Å². The number of hydrogen-bond acceptors (Lipinski definition) is 5. The number of anilines is 2. The van der Waals surface area contributed by atoms with Gasteiger partial charge in [-0.15, -0.1) is 0 Å². The molecular weight excluding hydrogens is 316 g/mol. The highest BCUT2D eigenvalue weighted by Crippen LogP contribution is 2.21. The molecule has 2 aliphatic heterocycles. The van der Waals surface area contributed by atoms with Gasteiger partial charge in [0.05, 0.1) is 13.2 Å². The molecule has 2 heterocycles. The first-order valence-corrected chi connectivity index (χ1v) is 9.47. The molecule has 0 aromatic heterocycles. The summed E-state index contributed by atoms with van der Waals surface area (Å²) < 4.78 is 5.32. The van der Waals surface area contributed by atoms with Crippen LogP contribution in [0.25, 0.3) is 0 Å². The van der Waals surface area contributed by atoms with Crippen LogP contribution in [0.5, 0.6) is 0 Å². The van der Waals surface area contributed by atoms with Crippen molar-refractivity contribution in [2.24, 2.45) is 0 Å². The molecule has 2 fully saturated rings. The molecule has 0 unspecified atom stereocenters. The maximum absolute atomic E-state index is 11.9. The van der Waals surface area contributed by atoms with E-state index in [1.165, 1.54) is 18.5 Å². The lowest BCUT2D eigenvalue weighted by molar-refractivity contribution is -0.120. The van der Waals surface area contributed by atoms with Crippen LogP contribution in [0.3, 0.4) is 0 Å². The number of morpholine rings is 1. The Balaban J connectivity index is 1.28. The third-order valence-corrected chi connectivity index (χ3v) is 4.87. The minimum atomic E-state index is 0.106. The molecule has 1 aromatic rings. The Morgan fingerprint density at radius 1 is 1.00 bits per heavy atom. The van der Waals surface area contributed by atoms with Gasteiger partial charge < -0.3 is 20.3 Å². The molecule has 0 radical (unpaired) electrons. The monoisotopic (exact) mass is 346 g/mol. The lowest BCUT2D eigenvalue weighted by atomic mass is 10.2. The summed E-state index contributed by atoms with van der Waals surface area (Å²) in [6, 6.07) is 8.53. The number of carbonyl (C=O) groups excluding carboxylic acids is 1. The first-order valence-electron chi connectivity index (χ1n) is 9.47. The van der Waals surface area contributed by atoms with E-state index in [9.17, 15) is 4.79 Å². The highest BCUT2D eigenvalue weighted by Gasteiger charge is 2.12. The van der Waals surface area contributed by atoms with Crippen molar-refractivity contribution in [2.45, 2.75) is 19.3 Å². The predicted octanol–water partition coefficient (Wildman–Crippen LogP) is 1.54. The van der Waals surface area contributed by atoms with E-state index in [0.29, 0.717) is 19.5 Å². The fourth-order valence-corrected chi connectivity index (χ4v) is 3.35. The third-order valence-electron chi connectivity index (χ3n) is 4.87. The van der Waals surface area contributed by atoms with Crippen LogP contribution < -0.4 is 15.5 Å². The average Bonchev–Trinajstić information content (AvgIpc) is 3.18. The molecule has 25 heavy (non-hydrogen) atoms. The van der Waals surface area contributed by atoms with Gasteiger partial charge >= 0.3 is 0 Å². The Bertz CT molecular complexity index is 523. The van der Waals surface area contributed by atoms with Gasteiger partial charge in [0.25, 0.3) is 0 Å². The number of amides is 1. The van der Waals surface area contributed by atoms with Gasteiger partial charge in [0.2, 0.25) is 5.91 Å². The predicted molar refractivity (Wildman–Crippen MR) is 101 cm³/mol. The Hall–Kier alpha value is -1.79. The van der Waals surface area contributed by atoms with Crippen molar-refractivity contribution < 1.29 is 9.53 Å². The molecule has 2 aliphatic rings. The van der Waals surface area contributed by atoms with Gasteiger partial charge in [0.15, 0.2) is 0 Å². The fourth-order valence-electron chi connectivity index (χ4n) is 3.35. The molecule has 1 amide bonds. The van der Waals surface area contributed by atoms with Crippen LogP contribution >= 0.6 is 0 Å². The van der Waals surface area contributed by atoms with Gasteiger partial charge in [-0.25, -0.2) is 0 Å². The quantitative estimate of drug-likeness (QED) is 0.748. The fraction of sp³-hybridized carbons (Fsp3) is 0.632. The third kappa shape index (κ3) is 5.90. The number of benzene rings is 1. The van der Waals surface area contributed by atoms with Crippen LogP contribution in [0.4, 0.5) is 11.4 Å². The second-order valence-corrected chi connectivity index (χ2v) is 6.72. The average molecular weight is 346 g/mol. The molecule has 0 aliphatic carbocycles. The number of ether oxygens (including phenoxy) is 1. The standard InChI is InChI=1S/C19H30N4O2/c24-19(21-9-12-22-13-15-25-16-14-22)7-8-20-17-3-5-18(6-4-17)23-10-1-2-11-23/h3-6,20H,1-2,7-16H2,(H,21,24). The maximum Gasteiger partial charge on any atom is 0.221 e. The number of rotatable bonds is 8. The highest BCUT2D eigenvalue weighted by molar-refractivity contribution is 5.76. The van der Waals surface area contributed by atoms with Crippen molar-refractivity contribution in [3.05, 3.63) is 24.3 Å². The van der Waals surface area contributed by atoms with E-state index >= 15 is 0 Å². The molecule has 6 heteroatoms. The van der Waals surface area contributed by atoms with E-state index in [1.54, 1.807) is 0 Å². The highest BCUT2D eigenvalue weighted by atomic mass is 16.5. The molecule has 3 rings (SSSR count). The van der Waals surface area contributed by atoms with Crippen molar-refractivity contribution in [1.29, 1.82) is 0 Å². The van der Waals surface area contributed by atoms with E-state index in [-0.39, 0.29) is 5.91 Å². The van der Waals surface area contributed by atoms with Gasteiger partial charge in [0.1, 0.15) is 0 Å². The zero-order chi connectivity index (χ0) is 17.3. The summed E-state index contributed by atoms with van der Waals surface area (Å²) in [7, 11) is 0. The van der Waals surface area contributed by atoms with Crippen LogP contribution in [0, 0.1) is 0 Å². The van der Waals surface area contributed by atoms with Gasteiger partial charge in [-0.2, -0.15) is 0 Å². The molecule has 0 atom stereocenters. The van der Waals surface area contributed by atoms with Crippen molar-refractivity contribution in [3.63, 3.8) is 0 Å². The Morgan fingerprint density at radius 3 is 2.44 bits per heavy atom. The summed E-state index contributed by atoms with van der Waals surface area (Å²) in [6.07, 6.45) is 3.08. The van der Waals surface area contributed by atoms with Crippen molar-refractivity contribution in [3.8, 4) is 0 Å². The van der Waals surface area contributed by atoms with E-state index in [4.69, 9.17) is 4.74 Å². The number of nitrogens with one attached hydrogen (secondary N) is 2. The molecule has 138 valence electrons. The Morgan fingerprint density at radius 2 is 1.72 bits per heavy atom. The molecule has 2 N–H and O–H groups in total. The molecular formula is C19H30N4O2. The summed E-state index contributed by atoms with van der Waals surface area (Å²) in [6.45, 7) is 8.13. The van der Waals surface area contributed by atoms with Crippen LogP contribution in [-0.2, 0) is 9.53 Å². The zero-order valence-corrected chi connectivity index (χ0v) is 15.0. The van der Waals surface area contributed by atoms with Gasteiger partial charge in [0, 0.05) is 63.6 Å². The summed E-state index contributed by atoms with van der Waals surface area (Å²) >= 11 is 0. The lowest BCUT2D eigenvalue weighted by Gasteiger charge is -2.26. The van der Waals surface area contributed by atoms with Gasteiger partial charge in [-0.1, -0.05) is 0 Å². The zero-order valence-electron chi connectivity index (χ0n) is 15.0. The summed E-state index contributed by atoms with van der Waals surface area (Å²) in [5.41, 5.74) is 2.37. The van der Waals surface area contributed by atoms with Crippen LogP contribution in [0.2, 0.25) is 0 Å². The van der Waals surface area contributed by atoms with E-state index in [2.05, 4.69) is 44.7 Å². The lowest BCUT2D eigenvalue weighted by Crippen LogP contribution is -2.41. The molecule has 0 saturated carbocycles. The van der Waals surface area contributed by atoms with Gasteiger partial charge in [-0.3, -0.25) is 9.69 Å². The summed E-state index contributed by atoms with van der Waals surface area (Å²) in [5, 5.41) is 6.32. The van der Waals surface area contributed by atoms with Crippen LogP contribution in [-0.4, -0.2) is 69.8 Å². The van der Waals surface area contributed by atoms with E-state index in [0.717, 1.165) is 51.6 Å². The van der Waals surface area contributed by atoms with Crippen LogP contribution in [0.1, 0.15) is 19.3 Å². The summed E-state index contributed by atoms with van der Waals surface area (Å²) in [5.74, 6) is 0.106. The maximum atomic E-state index is 11.9. The molecule has 0 spiro atoms. The largest absolute Gasteiger partial charge is 0.385 e. The smallest absolute Gasteiger partial charge is 0.221 e. The number of nitrogens with zero attached hydrogens (tertiary/aromatic N) is 2. The van der Waals surface area contributed by atoms with Crippen molar-refractivity contribution in [1.82, 2.24) is 10.2 Å². The summed E-state index contributed by atoms with van der Waals surface area (Å²) in [4.78, 5) is 16.6. The second-order valence-electron chi connectivity index (χ2n) is 6.72. The Labute approximate surface area is 150 Å². The minimum Gasteiger partial charge on any atom is -0.385 e. The van der Waals surface area contributed by atoms with E-state index < -0.39 is 0 Å². The topological polar surface area (TPSA) is 56.8 Å². The van der Waals surface area contributed by atoms with Crippen LogP contribution in [0.15, 0.2) is 24.3 Å². The first kappa shape index (κ1) is 18.0. The van der Waals surface area contributed by atoms with Crippen molar-refractivity contribution in [2.75, 3.05) is 69.2 Å². The molecule has 6 nitrogen and oxygen atoms in total.